The van der Waals surface area contributed by atoms with Crippen molar-refractivity contribution in [2.45, 2.75) is 0 Å². The summed E-state index contributed by atoms with van der Waals surface area (Å²) < 4.78 is 4.97. The normalized spacial score (nSPS) is 12.8. The van der Waals surface area contributed by atoms with Crippen molar-refractivity contribution in [2.24, 2.45) is 0 Å². The molecular formula is C42H25BN2O2. The van der Waals surface area contributed by atoms with Crippen LogP contribution in [0.15, 0.2) is 140 Å². The van der Waals surface area contributed by atoms with Crippen molar-refractivity contribution in [1.29, 1.82) is 0 Å². The van der Waals surface area contributed by atoms with E-state index in [1.807, 2.05) is 24.3 Å². The fourth-order valence-corrected chi connectivity index (χ4v) is 8.60. The van der Waals surface area contributed by atoms with Gasteiger partial charge in [-0.25, -0.2) is 0 Å². The van der Waals surface area contributed by atoms with Crippen LogP contribution < -0.4 is 16.4 Å². The highest BCUT2D eigenvalue weighted by Gasteiger charge is 2.40. The fourth-order valence-electron chi connectivity index (χ4n) is 8.60. The molecule has 0 unspecified atom stereocenters. The maximum absolute atomic E-state index is 10.1. The molecular weight excluding hydrogens is 575 g/mol. The summed E-state index contributed by atoms with van der Waals surface area (Å²) in [6.07, 6.45) is 0. The lowest BCUT2D eigenvalue weighted by Gasteiger charge is -2.33. The number of rotatable bonds is 2. The molecule has 5 heteroatoms. The molecule has 11 rings (SSSR count). The average Bonchev–Trinajstić information content (AvgIpc) is 3.64. The van der Waals surface area contributed by atoms with Crippen LogP contribution >= 0.6 is 0 Å². The third-order valence-corrected chi connectivity index (χ3v) is 10.5. The van der Waals surface area contributed by atoms with Crippen LogP contribution in [0.5, 0.6) is 11.5 Å². The van der Waals surface area contributed by atoms with E-state index in [-0.39, 0.29) is 18.2 Å². The zero-order valence-electron chi connectivity index (χ0n) is 25.1. The van der Waals surface area contributed by atoms with Crippen LogP contribution in [0, 0.1) is 0 Å². The minimum atomic E-state index is 0.0754. The molecule has 2 N–H and O–H groups in total. The minimum Gasteiger partial charge on any atom is -0.508 e. The van der Waals surface area contributed by atoms with Gasteiger partial charge in [0.2, 0.25) is 0 Å². The predicted molar refractivity (Wildman–Crippen MR) is 194 cm³/mol. The van der Waals surface area contributed by atoms with Crippen LogP contribution in [-0.2, 0) is 0 Å². The molecule has 0 atom stereocenters. The van der Waals surface area contributed by atoms with Gasteiger partial charge in [-0.15, -0.1) is 0 Å². The second-order valence-electron chi connectivity index (χ2n) is 12.8. The molecule has 0 spiro atoms. The van der Waals surface area contributed by atoms with E-state index in [0.29, 0.717) is 0 Å². The van der Waals surface area contributed by atoms with Gasteiger partial charge in [-0.1, -0.05) is 91.0 Å². The van der Waals surface area contributed by atoms with E-state index in [0.717, 1.165) is 16.7 Å². The highest BCUT2D eigenvalue weighted by molar-refractivity contribution is 7.00. The number of hydrogen-bond donors (Lipinski definition) is 2. The quantitative estimate of drug-likeness (QED) is 0.199. The monoisotopic (exact) mass is 600 g/mol. The number of phenolic OH excluding ortho intramolecular Hbond substituents is 2. The smallest absolute Gasteiger partial charge is 0.252 e. The molecule has 0 saturated heterocycles. The highest BCUT2D eigenvalue weighted by atomic mass is 16.3. The van der Waals surface area contributed by atoms with Gasteiger partial charge >= 0.3 is 0 Å². The summed E-state index contributed by atoms with van der Waals surface area (Å²) in [5.41, 5.74) is 15.7. The Morgan fingerprint density at radius 1 is 0.447 bits per heavy atom. The summed E-state index contributed by atoms with van der Waals surface area (Å²) in [4.78, 5) is 0. The van der Waals surface area contributed by atoms with Crippen LogP contribution in [0.2, 0.25) is 0 Å². The van der Waals surface area contributed by atoms with Crippen LogP contribution in [0.25, 0.3) is 77.2 Å². The van der Waals surface area contributed by atoms with Gasteiger partial charge in [0.1, 0.15) is 11.5 Å². The van der Waals surface area contributed by atoms with Crippen LogP contribution in [0.3, 0.4) is 0 Å². The van der Waals surface area contributed by atoms with Crippen molar-refractivity contribution in [3.63, 3.8) is 0 Å². The summed E-state index contributed by atoms with van der Waals surface area (Å²) in [7, 11) is 0. The Balaban J connectivity index is 1.27. The van der Waals surface area contributed by atoms with Crippen molar-refractivity contribution < 1.29 is 10.2 Å². The third kappa shape index (κ3) is 3.13. The minimum absolute atomic E-state index is 0.0754. The predicted octanol–water partition coefficient (Wildman–Crippen LogP) is 7.77. The Kier molecular flexibility index (Phi) is 4.66. The Labute approximate surface area is 270 Å². The Bertz CT molecular complexity index is 2790. The number of aromatic hydroxyl groups is 2. The van der Waals surface area contributed by atoms with E-state index < -0.39 is 0 Å². The molecule has 0 radical (unpaired) electrons. The van der Waals surface area contributed by atoms with Gasteiger partial charge in [0, 0.05) is 44.0 Å². The summed E-state index contributed by atoms with van der Waals surface area (Å²) in [5, 5.41) is 25.0. The standard InChI is InChI=1S/C42H25BN2O2/c46-27-16-11-24(12-17-27)26-15-20-30-31-6-3-7-33-41(31)45(38(30)23-26)37-10-4-9-36-40(37)43(33)34-22-21-29(25-13-18-28(47)19-14-25)39-32-5-1-2-8-35(32)44(36)42(34)39/h1-23,46-47H. The second kappa shape index (κ2) is 8.74. The number of phenols is 2. The molecule has 2 aliphatic rings. The van der Waals surface area contributed by atoms with Crippen LogP contribution in [-0.4, -0.2) is 26.1 Å². The van der Waals surface area contributed by atoms with E-state index in [4.69, 9.17) is 0 Å². The molecule has 4 nitrogen and oxygen atoms in total. The molecule has 7 aromatic carbocycles. The summed E-state index contributed by atoms with van der Waals surface area (Å²) >= 11 is 0. The molecule has 0 fully saturated rings. The first kappa shape index (κ1) is 25.0. The van der Waals surface area contributed by atoms with E-state index in [2.05, 4.69) is 100 Å². The second-order valence-corrected chi connectivity index (χ2v) is 12.8. The molecule has 47 heavy (non-hydrogen) atoms. The Morgan fingerprint density at radius 2 is 1.09 bits per heavy atom. The number of fused-ring (bicyclic) bond motifs is 10. The largest absolute Gasteiger partial charge is 0.508 e. The van der Waals surface area contributed by atoms with Gasteiger partial charge in [0.05, 0.1) is 11.0 Å². The van der Waals surface area contributed by atoms with Gasteiger partial charge in [-0.05, 0) is 87.2 Å². The van der Waals surface area contributed by atoms with Gasteiger partial charge in [0.15, 0.2) is 0 Å². The van der Waals surface area contributed by atoms with E-state index in [1.54, 1.807) is 24.3 Å². The van der Waals surface area contributed by atoms with Crippen molar-refractivity contribution in [1.82, 2.24) is 9.13 Å². The Morgan fingerprint density at radius 3 is 1.87 bits per heavy atom. The topological polar surface area (TPSA) is 50.3 Å². The molecule has 0 saturated carbocycles. The summed E-state index contributed by atoms with van der Waals surface area (Å²) in [5.74, 6) is 0.541. The molecule has 2 aliphatic heterocycles. The van der Waals surface area contributed by atoms with Crippen molar-refractivity contribution >= 4 is 66.7 Å². The number of nitrogens with zero attached hydrogens (tertiary/aromatic N) is 2. The lowest BCUT2D eigenvalue weighted by molar-refractivity contribution is 0.475. The Hall–Kier alpha value is -6.20. The van der Waals surface area contributed by atoms with Crippen molar-refractivity contribution in [2.75, 3.05) is 0 Å². The first-order valence-corrected chi connectivity index (χ1v) is 16.0. The number of benzene rings is 7. The van der Waals surface area contributed by atoms with Crippen molar-refractivity contribution in [3.05, 3.63) is 140 Å². The van der Waals surface area contributed by atoms with Crippen LogP contribution in [0.1, 0.15) is 0 Å². The molecule has 0 bridgehead atoms. The summed E-state index contributed by atoms with van der Waals surface area (Å²) in [6.45, 7) is 0.0754. The fraction of sp³-hybridized carbons (Fsp3) is 0. The van der Waals surface area contributed by atoms with E-state index in [1.165, 1.54) is 76.9 Å². The molecule has 218 valence electrons. The van der Waals surface area contributed by atoms with E-state index in [9.17, 15) is 10.2 Å². The SMILES string of the molecule is Oc1ccc(-c2ccc3c4cccc5c4n(c3c2)-c2cccc3c2B5c2ccc(-c4ccc(O)cc4)c4c5ccccc5n-3c24)cc1. The van der Waals surface area contributed by atoms with E-state index >= 15 is 0 Å². The first-order chi connectivity index (χ1) is 23.2. The average molecular weight is 600 g/mol. The van der Waals surface area contributed by atoms with Gasteiger partial charge in [-0.2, -0.15) is 0 Å². The zero-order chi connectivity index (χ0) is 31.0. The lowest BCUT2D eigenvalue weighted by Crippen LogP contribution is -2.59. The molecule has 0 amide bonds. The molecule has 0 aliphatic carbocycles. The third-order valence-electron chi connectivity index (χ3n) is 10.5. The number of aromatic nitrogens is 2. The molecule has 9 aromatic rings. The summed E-state index contributed by atoms with van der Waals surface area (Å²) in [6, 6.07) is 48.7. The number of para-hydroxylation sites is 2. The number of hydrogen-bond acceptors (Lipinski definition) is 2. The molecule has 2 aromatic heterocycles. The molecule has 4 heterocycles. The van der Waals surface area contributed by atoms with Crippen molar-refractivity contribution in [3.8, 4) is 45.1 Å². The zero-order valence-corrected chi connectivity index (χ0v) is 25.1. The maximum Gasteiger partial charge on any atom is 0.252 e. The first-order valence-electron chi connectivity index (χ1n) is 16.0. The maximum atomic E-state index is 10.1. The van der Waals surface area contributed by atoms with Gasteiger partial charge < -0.3 is 19.3 Å². The lowest BCUT2D eigenvalue weighted by atomic mass is 9.34. The van der Waals surface area contributed by atoms with Gasteiger partial charge in [-0.3, -0.25) is 0 Å². The van der Waals surface area contributed by atoms with Gasteiger partial charge in [0.25, 0.3) is 6.71 Å². The highest BCUT2D eigenvalue weighted by Crippen LogP contribution is 2.42. The van der Waals surface area contributed by atoms with Crippen LogP contribution in [0.4, 0.5) is 0 Å².